The van der Waals surface area contributed by atoms with E-state index >= 15 is 0 Å². The van der Waals surface area contributed by atoms with Gasteiger partial charge in [-0.05, 0) is 109 Å². The Morgan fingerprint density at radius 2 is 0.670 bits per heavy atom. The molecule has 0 fully saturated rings. The Labute approximate surface area is 565 Å². The Kier molecular flexibility index (Phi) is 67.8. The smallest absolute Gasteiger partial charge is 0.306 e. The normalized spacial score (nSPS) is 13.9. The van der Waals surface area contributed by atoms with Crippen LogP contribution in [0.25, 0.3) is 0 Å². The number of hydrogen-bond acceptors (Lipinski definition) is 7. The largest absolute Gasteiger partial charge is 0.756 e. The van der Waals surface area contributed by atoms with E-state index in [1.807, 2.05) is 33.3 Å². The molecule has 1 N–H and O–H groups in total. The van der Waals surface area contributed by atoms with E-state index in [9.17, 15) is 19.0 Å². The first-order chi connectivity index (χ1) is 44.4. The number of unbranched alkanes of at least 4 members (excludes halogenated alkanes) is 43. The van der Waals surface area contributed by atoms with Crippen LogP contribution in [0.1, 0.15) is 367 Å². The number of phosphoric acid groups is 1. The summed E-state index contributed by atoms with van der Waals surface area (Å²) < 4.78 is 30.5. The van der Waals surface area contributed by atoms with Crippen LogP contribution in [-0.2, 0) is 27.9 Å². The highest BCUT2D eigenvalue weighted by Crippen LogP contribution is 2.38. The molecule has 0 aromatic rings. The van der Waals surface area contributed by atoms with E-state index in [4.69, 9.17) is 13.8 Å². The lowest BCUT2D eigenvalue weighted by Crippen LogP contribution is -2.47. The first-order valence-corrected chi connectivity index (χ1v) is 40.4. The second-order valence-corrected chi connectivity index (χ2v) is 28.9. The van der Waals surface area contributed by atoms with Gasteiger partial charge in [0.1, 0.15) is 19.3 Å². The summed E-state index contributed by atoms with van der Waals surface area (Å²) >= 11 is 0. The third-order valence-corrected chi connectivity index (χ3v) is 18.3. The summed E-state index contributed by atoms with van der Waals surface area (Å²) in [6, 6.07) is -0.895. The van der Waals surface area contributed by atoms with Gasteiger partial charge in [0.25, 0.3) is 7.82 Å². The SMILES string of the molecule is CCCCC/C=C\C/C=C\C/C=C\C/C=C\CCCCCCCCCCCCCC(=O)NC(COP(=O)([O-])OCC[N+](C)(C)C)C(/C=C/CCCCCCCCCCCCC)OC(=O)CCCCCCCCCCCCCCCCC/C=C\C/C=C\CCCCC. The number of hydrogen-bond donors (Lipinski definition) is 1. The van der Waals surface area contributed by atoms with Crippen molar-refractivity contribution in [2.75, 3.05) is 40.9 Å². The highest BCUT2D eigenvalue weighted by Gasteiger charge is 2.27. The number of ether oxygens (including phenoxy) is 1. The van der Waals surface area contributed by atoms with Gasteiger partial charge < -0.3 is 28.5 Å². The molecule has 530 valence electrons. The van der Waals surface area contributed by atoms with Crippen LogP contribution in [-0.4, -0.2) is 69.4 Å². The average molecular weight is 1290 g/mol. The summed E-state index contributed by atoms with van der Waals surface area (Å²) in [5.41, 5.74) is 0. The van der Waals surface area contributed by atoms with E-state index < -0.39 is 20.0 Å². The second kappa shape index (κ2) is 70.0. The van der Waals surface area contributed by atoms with Gasteiger partial charge in [0.15, 0.2) is 0 Å². The molecule has 0 spiro atoms. The number of esters is 1. The minimum absolute atomic E-state index is 0.0242. The fraction of sp³-hybridized carbons (Fsp3) is 0.802. The van der Waals surface area contributed by atoms with E-state index in [0.29, 0.717) is 17.4 Å². The molecule has 0 saturated carbocycles. The predicted octanol–water partition coefficient (Wildman–Crippen LogP) is 24.6. The van der Waals surface area contributed by atoms with E-state index in [0.717, 1.165) is 89.9 Å². The molecule has 0 aromatic heterocycles. The lowest BCUT2D eigenvalue weighted by molar-refractivity contribution is -0.870. The van der Waals surface area contributed by atoms with Crippen LogP contribution >= 0.6 is 7.82 Å². The topological polar surface area (TPSA) is 114 Å². The number of nitrogens with zero attached hydrogens (tertiary/aromatic N) is 1. The van der Waals surface area contributed by atoms with Crippen molar-refractivity contribution in [1.82, 2.24) is 5.32 Å². The van der Waals surface area contributed by atoms with Crippen LogP contribution < -0.4 is 10.2 Å². The molecule has 0 heterocycles. The third-order valence-electron chi connectivity index (χ3n) is 17.3. The molecule has 10 heteroatoms. The lowest BCUT2D eigenvalue weighted by atomic mass is 10.0. The molecule has 0 rings (SSSR count). The van der Waals surface area contributed by atoms with Gasteiger partial charge in [0, 0.05) is 12.8 Å². The Balaban J connectivity index is 5.00. The molecule has 0 aromatic carbocycles. The van der Waals surface area contributed by atoms with Crippen molar-refractivity contribution in [2.45, 2.75) is 380 Å². The van der Waals surface area contributed by atoms with Crippen LogP contribution in [0.4, 0.5) is 0 Å². The molecule has 0 aliphatic rings. The summed E-state index contributed by atoms with van der Waals surface area (Å²) in [6.07, 6.45) is 94.3. The van der Waals surface area contributed by atoms with Crippen molar-refractivity contribution in [3.05, 3.63) is 85.1 Å². The number of phosphoric ester groups is 1. The van der Waals surface area contributed by atoms with Gasteiger partial charge in [0.2, 0.25) is 5.91 Å². The highest BCUT2D eigenvalue weighted by molar-refractivity contribution is 7.45. The number of carbonyl (C=O) groups is 2. The molecule has 1 amide bonds. The van der Waals surface area contributed by atoms with Crippen LogP contribution in [0.2, 0.25) is 0 Å². The molecule has 0 bridgehead atoms. The molecular weight excluding hydrogens is 1140 g/mol. The Hall–Kier alpha value is -2.81. The van der Waals surface area contributed by atoms with Crippen LogP contribution in [0.5, 0.6) is 0 Å². The van der Waals surface area contributed by atoms with Crippen molar-refractivity contribution < 1.29 is 37.3 Å². The summed E-state index contributed by atoms with van der Waals surface area (Å²) in [6.45, 7) is 6.84. The van der Waals surface area contributed by atoms with Crippen molar-refractivity contribution in [2.24, 2.45) is 0 Å². The zero-order valence-corrected chi connectivity index (χ0v) is 61.7. The van der Waals surface area contributed by atoms with Gasteiger partial charge in [0.05, 0.1) is 33.8 Å². The number of rotatable bonds is 71. The fourth-order valence-corrected chi connectivity index (χ4v) is 12.0. The zero-order valence-electron chi connectivity index (χ0n) is 60.8. The van der Waals surface area contributed by atoms with Gasteiger partial charge in [-0.15, -0.1) is 0 Å². The zero-order chi connectivity index (χ0) is 66.3. The number of allylic oxidation sites excluding steroid dienone is 13. The summed E-state index contributed by atoms with van der Waals surface area (Å²) in [5.74, 6) is -0.532. The summed E-state index contributed by atoms with van der Waals surface area (Å²) in [4.78, 5) is 40.3. The predicted molar refractivity (Wildman–Crippen MR) is 395 cm³/mol. The molecule has 91 heavy (non-hydrogen) atoms. The van der Waals surface area contributed by atoms with Crippen LogP contribution in [0.3, 0.4) is 0 Å². The van der Waals surface area contributed by atoms with Crippen molar-refractivity contribution >= 4 is 19.7 Å². The van der Waals surface area contributed by atoms with Crippen molar-refractivity contribution in [3.63, 3.8) is 0 Å². The van der Waals surface area contributed by atoms with Gasteiger partial charge in [-0.1, -0.05) is 331 Å². The summed E-state index contributed by atoms with van der Waals surface area (Å²) in [7, 11) is 1.19. The third kappa shape index (κ3) is 71.3. The minimum atomic E-state index is -4.71. The van der Waals surface area contributed by atoms with Crippen molar-refractivity contribution in [1.29, 1.82) is 0 Å². The standard InChI is InChI=1S/C81H149N2O7P/c1-7-10-13-16-19-22-25-28-30-32-34-36-38-40-41-43-44-46-48-50-52-55-58-61-64-67-70-73-80(84)82-78(77-89-91(86,87)88-76-75-83(4,5)6)79(72-69-66-63-60-57-54-27-24-21-18-15-12-9-3)90-81(85)74-71-68-65-62-59-56-53-51-49-47-45-42-39-37-35-33-31-29-26-23-20-17-14-11-8-2/h19-20,22-23,28-31,34,36,40-41,69,72,78-79H,7-18,21,24-27,32-33,35,37-39,42-68,70-71,73-77H2,1-6H3,(H-,82,84,86,87)/b22-19-,23-20-,30-28-,31-29-,36-34-,41-40-,72-69+. The van der Waals surface area contributed by atoms with Crippen molar-refractivity contribution in [3.8, 4) is 0 Å². The molecule has 0 saturated heterocycles. The average Bonchev–Trinajstić information content (AvgIpc) is 3.45. The molecule has 3 atom stereocenters. The molecule has 9 nitrogen and oxygen atoms in total. The molecule has 3 unspecified atom stereocenters. The maximum absolute atomic E-state index is 13.7. The van der Waals surface area contributed by atoms with Gasteiger partial charge in [-0.3, -0.25) is 14.2 Å². The van der Waals surface area contributed by atoms with Gasteiger partial charge in [-0.25, -0.2) is 0 Å². The number of carbonyl (C=O) groups excluding carboxylic acids is 2. The number of quaternary nitrogens is 1. The first-order valence-electron chi connectivity index (χ1n) is 38.9. The van der Waals surface area contributed by atoms with E-state index in [2.05, 4.69) is 99.0 Å². The van der Waals surface area contributed by atoms with E-state index in [-0.39, 0.29) is 31.5 Å². The van der Waals surface area contributed by atoms with Gasteiger partial charge in [-0.2, -0.15) is 0 Å². The quantitative estimate of drug-likeness (QED) is 0.0212. The number of amides is 1. The minimum Gasteiger partial charge on any atom is -0.756 e. The highest BCUT2D eigenvalue weighted by atomic mass is 31.2. The second-order valence-electron chi connectivity index (χ2n) is 27.5. The molecule has 0 aliphatic carbocycles. The fourth-order valence-electron chi connectivity index (χ4n) is 11.3. The number of likely N-dealkylation sites (N-methyl/N-ethyl adjacent to an activating group) is 1. The van der Waals surface area contributed by atoms with Gasteiger partial charge >= 0.3 is 5.97 Å². The van der Waals surface area contributed by atoms with Crippen LogP contribution in [0, 0.1) is 0 Å². The Morgan fingerprint density at radius 1 is 0.385 bits per heavy atom. The summed E-state index contributed by atoms with van der Waals surface area (Å²) in [5, 5.41) is 3.05. The first kappa shape index (κ1) is 88.2. The molecule has 0 aliphatic heterocycles. The lowest BCUT2D eigenvalue weighted by Gasteiger charge is -2.30. The molecular formula is C81H149N2O7P. The Bertz CT molecular complexity index is 1830. The van der Waals surface area contributed by atoms with E-state index in [1.165, 1.54) is 244 Å². The maximum atomic E-state index is 13.7. The molecule has 0 radical (unpaired) electrons. The number of nitrogens with one attached hydrogen (secondary N) is 1. The monoisotopic (exact) mass is 1290 g/mol. The van der Waals surface area contributed by atoms with E-state index in [1.54, 1.807) is 0 Å². The maximum Gasteiger partial charge on any atom is 0.306 e. The van der Waals surface area contributed by atoms with Crippen LogP contribution in [0.15, 0.2) is 85.1 Å². The Morgan fingerprint density at radius 3 is 1.02 bits per heavy atom.